The zero-order valence-electron chi connectivity index (χ0n) is 11.8. The molecular weight excluding hydrogens is 288 g/mol. The van der Waals surface area contributed by atoms with Crippen LogP contribution in [0.3, 0.4) is 0 Å². The lowest BCUT2D eigenvalue weighted by Gasteiger charge is -2.18. The summed E-state index contributed by atoms with van der Waals surface area (Å²) in [6.07, 6.45) is 0. The molecular formula is C15H16N2O3S. The van der Waals surface area contributed by atoms with E-state index in [1.165, 1.54) is 22.3 Å². The largest absolute Gasteiger partial charge is 0.478 e. The molecule has 2 rings (SSSR count). The van der Waals surface area contributed by atoms with Crippen LogP contribution >= 0.6 is 11.3 Å². The van der Waals surface area contributed by atoms with E-state index in [0.29, 0.717) is 11.5 Å². The predicted molar refractivity (Wildman–Crippen MR) is 82.9 cm³/mol. The molecule has 6 heteroatoms. The molecule has 0 bridgehead atoms. The van der Waals surface area contributed by atoms with Crippen molar-refractivity contribution in [1.29, 1.82) is 0 Å². The van der Waals surface area contributed by atoms with Gasteiger partial charge >= 0.3 is 12.0 Å². The molecule has 0 spiro atoms. The molecule has 21 heavy (non-hydrogen) atoms. The van der Waals surface area contributed by atoms with E-state index in [4.69, 9.17) is 5.11 Å². The number of carboxylic acid groups (broad SMARTS) is 1. The van der Waals surface area contributed by atoms with Crippen LogP contribution < -0.4 is 5.32 Å². The Labute approximate surface area is 126 Å². The Hall–Kier alpha value is -2.34. The van der Waals surface area contributed by atoms with Gasteiger partial charge in [0.15, 0.2) is 0 Å². The van der Waals surface area contributed by atoms with Gasteiger partial charge in [-0.25, -0.2) is 9.59 Å². The Kier molecular flexibility index (Phi) is 4.59. The van der Waals surface area contributed by atoms with Gasteiger partial charge in [-0.1, -0.05) is 29.8 Å². The Morgan fingerprint density at radius 1 is 1.33 bits per heavy atom. The minimum absolute atomic E-state index is 0.109. The van der Waals surface area contributed by atoms with E-state index < -0.39 is 5.97 Å². The number of urea groups is 1. The molecule has 0 saturated carbocycles. The summed E-state index contributed by atoms with van der Waals surface area (Å²) in [5.74, 6) is -1.05. The minimum atomic E-state index is -1.05. The quantitative estimate of drug-likeness (QED) is 0.909. The fourth-order valence-electron chi connectivity index (χ4n) is 1.92. The number of nitrogens with zero attached hydrogens (tertiary/aromatic N) is 1. The number of anilines is 1. The number of rotatable bonds is 4. The molecule has 1 aromatic carbocycles. The Balaban J connectivity index is 2.03. The summed E-state index contributed by atoms with van der Waals surface area (Å²) < 4.78 is 0. The molecule has 2 amide bonds. The fraction of sp³-hybridized carbons (Fsp3) is 0.200. The molecule has 0 aliphatic heterocycles. The number of hydrogen-bond acceptors (Lipinski definition) is 3. The van der Waals surface area contributed by atoms with Gasteiger partial charge in [0.05, 0.1) is 5.56 Å². The lowest BCUT2D eigenvalue weighted by atomic mass is 10.1. The molecule has 0 unspecified atom stereocenters. The fourth-order valence-corrected chi connectivity index (χ4v) is 2.69. The van der Waals surface area contributed by atoms with Crippen molar-refractivity contribution in [3.8, 4) is 0 Å². The van der Waals surface area contributed by atoms with Crippen LogP contribution in [-0.2, 0) is 6.54 Å². The zero-order chi connectivity index (χ0) is 15.4. The summed E-state index contributed by atoms with van der Waals surface area (Å²) in [5, 5.41) is 13.6. The van der Waals surface area contributed by atoms with Crippen molar-refractivity contribution < 1.29 is 14.7 Å². The molecule has 0 saturated heterocycles. The van der Waals surface area contributed by atoms with Crippen molar-refractivity contribution in [1.82, 2.24) is 4.90 Å². The highest BCUT2D eigenvalue weighted by molar-refractivity contribution is 7.14. The van der Waals surface area contributed by atoms with Crippen molar-refractivity contribution in [2.75, 3.05) is 12.4 Å². The first kappa shape index (κ1) is 15.1. The maximum Gasteiger partial charge on any atom is 0.338 e. The second-order valence-electron chi connectivity index (χ2n) is 4.74. The standard InChI is InChI=1S/C15H16N2O3S/c1-10-4-3-5-11(8-10)9-17(2)15(20)16-13-12(14(18)19)6-7-21-13/h3-8H,9H2,1-2H3,(H,16,20)(H,18,19). The van der Waals surface area contributed by atoms with Gasteiger partial charge in [0, 0.05) is 13.6 Å². The summed E-state index contributed by atoms with van der Waals surface area (Å²) in [5.41, 5.74) is 2.27. The van der Waals surface area contributed by atoms with Gasteiger partial charge in [-0.05, 0) is 23.9 Å². The first-order valence-electron chi connectivity index (χ1n) is 6.36. The first-order chi connectivity index (χ1) is 9.97. The van der Waals surface area contributed by atoms with E-state index in [1.54, 1.807) is 12.4 Å². The summed E-state index contributed by atoms with van der Waals surface area (Å²) in [7, 11) is 1.67. The smallest absolute Gasteiger partial charge is 0.338 e. The van der Waals surface area contributed by atoms with Crippen molar-refractivity contribution in [3.63, 3.8) is 0 Å². The third kappa shape index (κ3) is 3.82. The van der Waals surface area contributed by atoms with Crippen molar-refractivity contribution in [3.05, 3.63) is 52.4 Å². The molecule has 1 aromatic heterocycles. The molecule has 5 nitrogen and oxygen atoms in total. The molecule has 0 aliphatic carbocycles. The number of aryl methyl sites for hydroxylation is 1. The van der Waals surface area contributed by atoms with Crippen LogP contribution in [0.1, 0.15) is 21.5 Å². The lowest BCUT2D eigenvalue weighted by Crippen LogP contribution is -2.31. The van der Waals surface area contributed by atoms with E-state index in [2.05, 4.69) is 5.32 Å². The highest BCUT2D eigenvalue weighted by Crippen LogP contribution is 2.23. The minimum Gasteiger partial charge on any atom is -0.478 e. The third-order valence-corrected chi connectivity index (χ3v) is 3.79. The van der Waals surface area contributed by atoms with Crippen LogP contribution in [0.15, 0.2) is 35.7 Å². The van der Waals surface area contributed by atoms with Gasteiger partial charge in [-0.15, -0.1) is 11.3 Å². The highest BCUT2D eigenvalue weighted by Gasteiger charge is 2.16. The average molecular weight is 304 g/mol. The molecule has 110 valence electrons. The number of benzene rings is 1. The highest BCUT2D eigenvalue weighted by atomic mass is 32.1. The van der Waals surface area contributed by atoms with Gasteiger partial charge < -0.3 is 10.0 Å². The van der Waals surface area contributed by atoms with Gasteiger partial charge in [0.1, 0.15) is 5.00 Å². The maximum atomic E-state index is 12.1. The van der Waals surface area contributed by atoms with E-state index in [0.717, 1.165) is 11.1 Å². The van der Waals surface area contributed by atoms with E-state index >= 15 is 0 Å². The summed E-state index contributed by atoms with van der Waals surface area (Å²) in [6.45, 7) is 2.45. The van der Waals surface area contributed by atoms with Crippen molar-refractivity contribution in [2.45, 2.75) is 13.5 Å². The average Bonchev–Trinajstić information content (AvgIpc) is 2.87. The molecule has 1 heterocycles. The van der Waals surface area contributed by atoms with Gasteiger partial charge in [0.25, 0.3) is 0 Å². The third-order valence-electron chi connectivity index (χ3n) is 2.97. The summed E-state index contributed by atoms with van der Waals surface area (Å²) in [6, 6.07) is 9.04. The number of amides is 2. The maximum absolute atomic E-state index is 12.1. The van der Waals surface area contributed by atoms with Crippen molar-refractivity contribution >= 4 is 28.3 Å². The lowest BCUT2D eigenvalue weighted by molar-refractivity contribution is 0.0698. The first-order valence-corrected chi connectivity index (χ1v) is 7.24. The molecule has 2 N–H and O–H groups in total. The van der Waals surface area contributed by atoms with Crippen LogP contribution in [-0.4, -0.2) is 29.1 Å². The van der Waals surface area contributed by atoms with Crippen LogP contribution in [0.2, 0.25) is 0 Å². The number of carbonyl (C=O) groups excluding carboxylic acids is 1. The Bertz CT molecular complexity index is 666. The Morgan fingerprint density at radius 2 is 2.10 bits per heavy atom. The molecule has 2 aromatic rings. The SMILES string of the molecule is Cc1cccc(CN(C)C(=O)Nc2sccc2C(=O)O)c1. The molecule has 0 fully saturated rings. The number of hydrogen-bond donors (Lipinski definition) is 2. The molecule has 0 aliphatic rings. The summed E-state index contributed by atoms with van der Waals surface area (Å²) >= 11 is 1.19. The van der Waals surface area contributed by atoms with Gasteiger partial charge in [-0.2, -0.15) is 0 Å². The van der Waals surface area contributed by atoms with Crippen LogP contribution in [0, 0.1) is 6.92 Å². The number of aromatic carboxylic acids is 1. The second-order valence-corrected chi connectivity index (χ2v) is 5.66. The predicted octanol–water partition coefficient (Wildman–Crippen LogP) is 3.42. The van der Waals surface area contributed by atoms with E-state index in [-0.39, 0.29) is 11.6 Å². The number of carboxylic acids is 1. The molecule has 0 radical (unpaired) electrons. The van der Waals surface area contributed by atoms with E-state index in [9.17, 15) is 9.59 Å². The topological polar surface area (TPSA) is 69.6 Å². The number of thiophene rings is 1. The van der Waals surface area contributed by atoms with Crippen LogP contribution in [0.25, 0.3) is 0 Å². The number of nitrogens with one attached hydrogen (secondary N) is 1. The monoisotopic (exact) mass is 304 g/mol. The number of carbonyl (C=O) groups is 2. The zero-order valence-corrected chi connectivity index (χ0v) is 12.6. The Morgan fingerprint density at radius 3 is 2.76 bits per heavy atom. The van der Waals surface area contributed by atoms with Gasteiger partial charge in [-0.3, -0.25) is 5.32 Å². The summed E-state index contributed by atoms with van der Waals surface area (Å²) in [4.78, 5) is 24.6. The normalized spacial score (nSPS) is 10.2. The van der Waals surface area contributed by atoms with Gasteiger partial charge in [0.2, 0.25) is 0 Å². The van der Waals surface area contributed by atoms with Crippen LogP contribution in [0.4, 0.5) is 9.80 Å². The second kappa shape index (κ2) is 6.41. The molecule has 0 atom stereocenters. The van der Waals surface area contributed by atoms with Crippen molar-refractivity contribution in [2.24, 2.45) is 0 Å². The van der Waals surface area contributed by atoms with Crippen LogP contribution in [0.5, 0.6) is 0 Å². The van der Waals surface area contributed by atoms with E-state index in [1.807, 2.05) is 31.2 Å².